The predicted octanol–water partition coefficient (Wildman–Crippen LogP) is 0.0815. The van der Waals surface area contributed by atoms with Gasteiger partial charge in [0.05, 0.1) is 31.1 Å². The summed E-state index contributed by atoms with van der Waals surface area (Å²) in [7, 11) is 0. The third-order valence-corrected chi connectivity index (χ3v) is 4.88. The van der Waals surface area contributed by atoms with Gasteiger partial charge in [0, 0.05) is 12.2 Å². The van der Waals surface area contributed by atoms with Gasteiger partial charge in [-0.15, -0.1) is 0 Å². The van der Waals surface area contributed by atoms with Crippen LogP contribution in [0.25, 0.3) is 0 Å². The van der Waals surface area contributed by atoms with E-state index in [4.69, 9.17) is 9.84 Å². The Kier molecular flexibility index (Phi) is 3.25. The van der Waals surface area contributed by atoms with Crippen LogP contribution >= 0.6 is 0 Å². The molecule has 0 saturated carbocycles. The van der Waals surface area contributed by atoms with E-state index in [-0.39, 0.29) is 31.1 Å². The number of ether oxygens (including phenoxy) is 1. The average molecular weight is 314 g/mol. The molecule has 4 rings (SSSR count). The van der Waals surface area contributed by atoms with Crippen molar-refractivity contribution in [3.05, 3.63) is 42.5 Å². The van der Waals surface area contributed by atoms with Crippen LogP contribution in [0.15, 0.2) is 42.5 Å². The molecule has 1 aromatic carbocycles. The minimum absolute atomic E-state index is 0.0767. The molecule has 2 saturated heterocycles. The topological polar surface area (TPSA) is 78.9 Å². The van der Waals surface area contributed by atoms with Crippen LogP contribution in [0, 0.1) is 11.8 Å². The number of aliphatic hydroxyl groups is 1. The van der Waals surface area contributed by atoms with Gasteiger partial charge in [-0.05, 0) is 12.1 Å². The minimum atomic E-state index is -0.710. The van der Waals surface area contributed by atoms with E-state index in [0.29, 0.717) is 6.54 Å². The van der Waals surface area contributed by atoms with Gasteiger partial charge < -0.3 is 20.1 Å². The van der Waals surface area contributed by atoms with E-state index in [0.717, 1.165) is 5.69 Å². The number of aliphatic hydroxyl groups excluding tert-OH is 1. The number of nitrogens with one attached hydrogen (secondary N) is 1. The van der Waals surface area contributed by atoms with E-state index < -0.39 is 17.4 Å². The Morgan fingerprint density at radius 1 is 1.39 bits per heavy atom. The number of hydrogen-bond donors (Lipinski definition) is 2. The number of benzene rings is 1. The molecule has 4 atom stereocenters. The lowest BCUT2D eigenvalue weighted by molar-refractivity contribution is -0.132. The summed E-state index contributed by atoms with van der Waals surface area (Å²) in [6.45, 7) is 0.485. The van der Waals surface area contributed by atoms with Gasteiger partial charge in [0.15, 0.2) is 0 Å². The van der Waals surface area contributed by atoms with Gasteiger partial charge >= 0.3 is 0 Å². The highest BCUT2D eigenvalue weighted by atomic mass is 16.5. The molecule has 1 spiro atoms. The molecule has 2 amide bonds. The van der Waals surface area contributed by atoms with Crippen molar-refractivity contribution in [3.63, 3.8) is 0 Å². The van der Waals surface area contributed by atoms with Crippen LogP contribution in [0.1, 0.15) is 0 Å². The number of fused-ring (bicyclic) bond motifs is 1. The lowest BCUT2D eigenvalue weighted by Gasteiger charge is -2.23. The van der Waals surface area contributed by atoms with Crippen LogP contribution in [0.3, 0.4) is 0 Å². The summed E-state index contributed by atoms with van der Waals surface area (Å²) in [5.41, 5.74) is 0.106. The molecule has 2 N–H and O–H groups in total. The summed E-state index contributed by atoms with van der Waals surface area (Å²) in [6, 6.07) is 9.43. The molecule has 0 unspecified atom stereocenters. The number of carbonyl (C=O) groups is 2. The quantitative estimate of drug-likeness (QED) is 0.772. The van der Waals surface area contributed by atoms with Gasteiger partial charge in [-0.2, -0.15) is 0 Å². The Bertz CT molecular complexity index is 674. The van der Waals surface area contributed by atoms with Gasteiger partial charge in [0.25, 0.3) is 0 Å². The summed E-state index contributed by atoms with van der Waals surface area (Å²) in [5.74, 6) is -1.35. The maximum Gasteiger partial charge on any atom is 0.234 e. The number of hydrogen-bond acceptors (Lipinski definition) is 4. The number of amides is 2. The van der Waals surface area contributed by atoms with E-state index in [2.05, 4.69) is 5.32 Å². The van der Waals surface area contributed by atoms with Crippen LogP contribution in [-0.4, -0.2) is 48.3 Å². The predicted molar refractivity (Wildman–Crippen MR) is 82.6 cm³/mol. The Morgan fingerprint density at radius 3 is 2.91 bits per heavy atom. The summed E-state index contributed by atoms with van der Waals surface area (Å²) >= 11 is 0. The summed E-state index contributed by atoms with van der Waals surface area (Å²) < 4.78 is 6.02. The summed E-state index contributed by atoms with van der Waals surface area (Å²) in [5, 5.41) is 11.6. The highest BCUT2D eigenvalue weighted by Gasteiger charge is 2.66. The second-order valence-electron chi connectivity index (χ2n) is 6.17. The zero-order valence-corrected chi connectivity index (χ0v) is 12.5. The van der Waals surface area contributed by atoms with Gasteiger partial charge in [0.1, 0.15) is 5.60 Å². The molecule has 6 heteroatoms. The van der Waals surface area contributed by atoms with E-state index >= 15 is 0 Å². The van der Waals surface area contributed by atoms with Crippen LogP contribution in [-0.2, 0) is 14.3 Å². The van der Waals surface area contributed by atoms with Crippen LogP contribution in [0.5, 0.6) is 0 Å². The van der Waals surface area contributed by atoms with Crippen molar-refractivity contribution in [2.24, 2.45) is 11.8 Å². The van der Waals surface area contributed by atoms with Crippen LogP contribution < -0.4 is 10.2 Å². The van der Waals surface area contributed by atoms with Crippen LogP contribution in [0.2, 0.25) is 0 Å². The van der Waals surface area contributed by atoms with Gasteiger partial charge in [-0.25, -0.2) is 0 Å². The van der Waals surface area contributed by atoms with Gasteiger partial charge in [0.2, 0.25) is 11.8 Å². The van der Waals surface area contributed by atoms with Crippen molar-refractivity contribution in [1.29, 1.82) is 0 Å². The van der Waals surface area contributed by atoms with Crippen molar-refractivity contribution < 1.29 is 19.4 Å². The zero-order valence-electron chi connectivity index (χ0n) is 12.5. The van der Waals surface area contributed by atoms with Crippen molar-refractivity contribution >= 4 is 17.5 Å². The van der Waals surface area contributed by atoms with Crippen LogP contribution in [0.4, 0.5) is 5.69 Å². The lowest BCUT2D eigenvalue weighted by atomic mass is 9.77. The number of carbonyl (C=O) groups excluding carboxylic acids is 2. The zero-order chi connectivity index (χ0) is 16.0. The molecule has 120 valence electrons. The van der Waals surface area contributed by atoms with E-state index in [9.17, 15) is 9.59 Å². The second-order valence-corrected chi connectivity index (χ2v) is 6.17. The Morgan fingerprint density at radius 2 is 2.17 bits per heavy atom. The molecule has 1 aromatic rings. The number of nitrogens with zero attached hydrogens (tertiary/aromatic N) is 1. The maximum absolute atomic E-state index is 12.9. The smallest absolute Gasteiger partial charge is 0.234 e. The SMILES string of the molecule is O=C(NCCO)[C@@H]1[C@H]2C=C[C@@]3(CN(c4ccccc4)C(=O)[C@@H]13)O2. The first kappa shape index (κ1) is 14.4. The molecular formula is C17H18N2O4. The molecular weight excluding hydrogens is 296 g/mol. The third kappa shape index (κ3) is 2.02. The molecule has 0 aromatic heterocycles. The number of rotatable bonds is 4. The van der Waals surface area contributed by atoms with E-state index in [1.807, 2.05) is 42.5 Å². The van der Waals surface area contributed by atoms with Gasteiger partial charge in [-0.3, -0.25) is 9.59 Å². The molecule has 0 radical (unpaired) electrons. The highest BCUT2D eigenvalue weighted by molar-refractivity contribution is 6.03. The minimum Gasteiger partial charge on any atom is -0.395 e. The standard InChI is InChI=1S/C17H18N2O4/c20-9-8-18-15(21)13-12-6-7-17(23-12)10-19(16(22)14(13)17)11-4-2-1-3-5-11/h1-7,12-14,20H,8-10H2,(H,18,21)/t12-,13-,14-,17+/m1/s1. The fourth-order valence-corrected chi connectivity index (χ4v) is 3.92. The monoisotopic (exact) mass is 314 g/mol. The molecule has 0 aliphatic carbocycles. The summed E-state index contributed by atoms with van der Waals surface area (Å²) in [4.78, 5) is 27.1. The Balaban J connectivity index is 1.65. The molecule has 6 nitrogen and oxygen atoms in total. The molecule has 23 heavy (non-hydrogen) atoms. The molecule has 3 aliphatic rings. The lowest BCUT2D eigenvalue weighted by Crippen LogP contribution is -2.44. The Hall–Kier alpha value is -2.18. The fourth-order valence-electron chi connectivity index (χ4n) is 3.92. The van der Waals surface area contributed by atoms with E-state index in [1.54, 1.807) is 4.90 Å². The molecule has 3 aliphatic heterocycles. The average Bonchev–Trinajstić information content (AvgIpc) is 3.22. The Labute approximate surface area is 133 Å². The number of para-hydroxylation sites is 1. The molecule has 2 fully saturated rings. The molecule has 3 heterocycles. The van der Waals surface area contributed by atoms with Crippen molar-refractivity contribution in [2.75, 3.05) is 24.6 Å². The third-order valence-electron chi connectivity index (χ3n) is 4.88. The highest BCUT2D eigenvalue weighted by Crippen LogP contribution is 2.52. The fraction of sp³-hybridized carbons (Fsp3) is 0.412. The largest absolute Gasteiger partial charge is 0.395 e. The molecule has 2 bridgehead atoms. The summed E-state index contributed by atoms with van der Waals surface area (Å²) in [6.07, 6.45) is 3.45. The van der Waals surface area contributed by atoms with Crippen molar-refractivity contribution in [2.45, 2.75) is 11.7 Å². The van der Waals surface area contributed by atoms with Gasteiger partial charge in [-0.1, -0.05) is 30.4 Å². The second kappa shape index (κ2) is 5.18. The first-order valence-electron chi connectivity index (χ1n) is 7.78. The first-order chi connectivity index (χ1) is 11.2. The van der Waals surface area contributed by atoms with E-state index in [1.165, 1.54) is 0 Å². The van der Waals surface area contributed by atoms with Crippen molar-refractivity contribution in [3.8, 4) is 0 Å². The van der Waals surface area contributed by atoms with Crippen molar-refractivity contribution in [1.82, 2.24) is 5.32 Å². The normalized spacial score (nSPS) is 34.0. The maximum atomic E-state index is 12.9. The first-order valence-corrected chi connectivity index (χ1v) is 7.78. The number of anilines is 1.